The van der Waals surface area contributed by atoms with Gasteiger partial charge in [-0.05, 0) is 38.1 Å². The Morgan fingerprint density at radius 2 is 1.89 bits per heavy atom. The van der Waals surface area contributed by atoms with E-state index in [1.165, 1.54) is 13.3 Å². The molecule has 0 bridgehead atoms. The quantitative estimate of drug-likeness (QED) is 0.698. The molecule has 0 aliphatic rings. The van der Waals surface area contributed by atoms with Crippen molar-refractivity contribution in [2.45, 2.75) is 19.9 Å². The minimum absolute atomic E-state index is 0.0354. The Morgan fingerprint density at radius 1 is 1.15 bits per heavy atom. The van der Waals surface area contributed by atoms with Crippen LogP contribution in [0.1, 0.15) is 30.2 Å². The molecule has 8 nitrogen and oxygen atoms in total. The van der Waals surface area contributed by atoms with Gasteiger partial charge in [0.2, 0.25) is 5.91 Å². The third kappa shape index (κ3) is 4.29. The topological polar surface area (TPSA) is 98.1 Å². The SMILES string of the molecule is COCC(=O)Nc1cccc(NC(=O)c2cnc3c(cnn3C(C)C)c2)c1. The van der Waals surface area contributed by atoms with Gasteiger partial charge in [0.25, 0.3) is 5.91 Å². The van der Waals surface area contributed by atoms with Crippen LogP contribution in [0.3, 0.4) is 0 Å². The van der Waals surface area contributed by atoms with E-state index in [1.807, 2.05) is 18.5 Å². The average molecular weight is 367 g/mol. The molecule has 2 heterocycles. The van der Waals surface area contributed by atoms with Crippen molar-refractivity contribution in [3.8, 4) is 0 Å². The maximum atomic E-state index is 12.5. The summed E-state index contributed by atoms with van der Waals surface area (Å²) in [6, 6.07) is 8.84. The molecule has 0 aliphatic carbocycles. The number of benzene rings is 1. The van der Waals surface area contributed by atoms with E-state index in [1.54, 1.807) is 36.5 Å². The molecule has 8 heteroatoms. The first-order chi connectivity index (χ1) is 13.0. The maximum absolute atomic E-state index is 12.5. The van der Waals surface area contributed by atoms with E-state index >= 15 is 0 Å². The number of carbonyl (C=O) groups is 2. The van der Waals surface area contributed by atoms with Crippen molar-refractivity contribution in [2.24, 2.45) is 0 Å². The van der Waals surface area contributed by atoms with Crippen LogP contribution in [0.15, 0.2) is 42.7 Å². The van der Waals surface area contributed by atoms with E-state index in [4.69, 9.17) is 4.74 Å². The summed E-state index contributed by atoms with van der Waals surface area (Å²) < 4.78 is 6.59. The number of nitrogens with one attached hydrogen (secondary N) is 2. The summed E-state index contributed by atoms with van der Waals surface area (Å²) in [7, 11) is 1.45. The summed E-state index contributed by atoms with van der Waals surface area (Å²) in [5.41, 5.74) is 2.30. The van der Waals surface area contributed by atoms with Gasteiger partial charge in [-0.2, -0.15) is 5.10 Å². The Labute approximate surface area is 156 Å². The Morgan fingerprint density at radius 3 is 2.59 bits per heavy atom. The first kappa shape index (κ1) is 18.5. The van der Waals surface area contributed by atoms with Gasteiger partial charge in [-0.1, -0.05) is 6.07 Å². The van der Waals surface area contributed by atoms with E-state index in [0.29, 0.717) is 16.9 Å². The van der Waals surface area contributed by atoms with E-state index in [2.05, 4.69) is 20.7 Å². The fraction of sp³-hybridized carbons (Fsp3) is 0.263. The lowest BCUT2D eigenvalue weighted by atomic mass is 10.2. The number of methoxy groups -OCH3 is 1. The van der Waals surface area contributed by atoms with Gasteiger partial charge in [-0.25, -0.2) is 9.67 Å². The first-order valence-electron chi connectivity index (χ1n) is 8.51. The molecule has 0 unspecified atom stereocenters. The minimum Gasteiger partial charge on any atom is -0.375 e. The number of aromatic nitrogens is 3. The van der Waals surface area contributed by atoms with Gasteiger partial charge in [0, 0.05) is 36.1 Å². The number of nitrogens with zero attached hydrogens (tertiary/aromatic N) is 3. The van der Waals surface area contributed by atoms with Crippen LogP contribution < -0.4 is 10.6 Å². The molecule has 2 aromatic heterocycles. The molecule has 0 atom stereocenters. The Balaban J connectivity index is 1.75. The number of hydrogen-bond acceptors (Lipinski definition) is 5. The Kier molecular flexibility index (Phi) is 5.46. The van der Waals surface area contributed by atoms with Gasteiger partial charge in [-0.3, -0.25) is 9.59 Å². The molecule has 3 rings (SSSR count). The fourth-order valence-electron chi connectivity index (χ4n) is 2.65. The van der Waals surface area contributed by atoms with Crippen molar-refractivity contribution in [1.29, 1.82) is 0 Å². The molecular formula is C19H21N5O3. The van der Waals surface area contributed by atoms with E-state index in [-0.39, 0.29) is 24.5 Å². The van der Waals surface area contributed by atoms with Crippen molar-refractivity contribution in [3.63, 3.8) is 0 Å². The predicted molar refractivity (Wildman–Crippen MR) is 103 cm³/mol. The predicted octanol–water partition coefficient (Wildman–Crippen LogP) is 2.85. The molecule has 2 amide bonds. The van der Waals surface area contributed by atoms with E-state index < -0.39 is 0 Å². The van der Waals surface area contributed by atoms with Gasteiger partial charge in [0.05, 0.1) is 11.8 Å². The summed E-state index contributed by atoms with van der Waals surface area (Å²) in [6.07, 6.45) is 3.23. The molecule has 27 heavy (non-hydrogen) atoms. The zero-order chi connectivity index (χ0) is 19.4. The van der Waals surface area contributed by atoms with Gasteiger partial charge in [0.1, 0.15) is 6.61 Å². The molecule has 0 saturated heterocycles. The summed E-state index contributed by atoms with van der Waals surface area (Å²) in [5.74, 6) is -0.556. The van der Waals surface area contributed by atoms with Crippen molar-refractivity contribution >= 4 is 34.2 Å². The van der Waals surface area contributed by atoms with Crippen LogP contribution in [0.25, 0.3) is 11.0 Å². The Bertz CT molecular complexity index is 980. The van der Waals surface area contributed by atoms with Crippen molar-refractivity contribution in [3.05, 3.63) is 48.3 Å². The molecule has 140 valence electrons. The Hall–Kier alpha value is -3.26. The number of fused-ring (bicyclic) bond motifs is 1. The van der Waals surface area contributed by atoms with Crippen molar-refractivity contribution < 1.29 is 14.3 Å². The zero-order valence-electron chi connectivity index (χ0n) is 15.4. The fourth-order valence-corrected chi connectivity index (χ4v) is 2.65. The standard InChI is InChI=1S/C19H21N5O3/c1-12(2)24-18-13(10-21-24)7-14(9-20-18)19(26)23-16-6-4-5-15(8-16)22-17(25)11-27-3/h4-10,12H,11H2,1-3H3,(H,22,25)(H,23,26). The third-order valence-electron chi connectivity index (χ3n) is 3.86. The van der Waals surface area contributed by atoms with Crippen LogP contribution in [-0.4, -0.2) is 40.3 Å². The lowest BCUT2D eigenvalue weighted by Crippen LogP contribution is -2.17. The van der Waals surface area contributed by atoms with Gasteiger partial charge >= 0.3 is 0 Å². The van der Waals surface area contributed by atoms with Gasteiger partial charge < -0.3 is 15.4 Å². The molecule has 0 radical (unpaired) electrons. The minimum atomic E-state index is -0.290. The van der Waals surface area contributed by atoms with Crippen molar-refractivity contribution in [2.75, 3.05) is 24.4 Å². The van der Waals surface area contributed by atoms with Crippen molar-refractivity contribution in [1.82, 2.24) is 14.8 Å². The normalized spacial score (nSPS) is 11.0. The number of anilines is 2. The van der Waals surface area contributed by atoms with Crippen LogP contribution in [0.4, 0.5) is 11.4 Å². The van der Waals surface area contributed by atoms with Gasteiger partial charge in [-0.15, -0.1) is 0 Å². The number of carbonyl (C=O) groups excluding carboxylic acids is 2. The monoisotopic (exact) mass is 367 g/mol. The summed E-state index contributed by atoms with van der Waals surface area (Å²) in [6.45, 7) is 4.01. The van der Waals surface area contributed by atoms with Crippen LogP contribution >= 0.6 is 0 Å². The first-order valence-corrected chi connectivity index (χ1v) is 8.51. The average Bonchev–Trinajstić information content (AvgIpc) is 3.05. The number of rotatable bonds is 6. The molecule has 1 aromatic carbocycles. The number of amides is 2. The summed E-state index contributed by atoms with van der Waals surface area (Å²) >= 11 is 0. The van der Waals surface area contributed by atoms with Crippen LogP contribution in [0.2, 0.25) is 0 Å². The third-order valence-corrected chi connectivity index (χ3v) is 3.86. The lowest BCUT2D eigenvalue weighted by molar-refractivity contribution is -0.119. The molecule has 2 N–H and O–H groups in total. The molecule has 0 spiro atoms. The molecule has 0 saturated carbocycles. The second kappa shape index (κ2) is 7.96. The second-order valence-corrected chi connectivity index (χ2v) is 6.34. The van der Waals surface area contributed by atoms with E-state index in [9.17, 15) is 9.59 Å². The van der Waals surface area contributed by atoms with E-state index in [0.717, 1.165) is 11.0 Å². The number of pyridine rings is 1. The maximum Gasteiger partial charge on any atom is 0.257 e. The smallest absolute Gasteiger partial charge is 0.257 e. The lowest BCUT2D eigenvalue weighted by Gasteiger charge is -2.09. The highest BCUT2D eigenvalue weighted by Crippen LogP contribution is 2.19. The molecular weight excluding hydrogens is 346 g/mol. The highest BCUT2D eigenvalue weighted by atomic mass is 16.5. The van der Waals surface area contributed by atoms with Gasteiger partial charge in [0.15, 0.2) is 5.65 Å². The largest absolute Gasteiger partial charge is 0.375 e. The molecule has 0 aliphatic heterocycles. The highest BCUT2D eigenvalue weighted by Gasteiger charge is 2.12. The molecule has 3 aromatic rings. The number of hydrogen-bond donors (Lipinski definition) is 2. The number of ether oxygens (including phenoxy) is 1. The second-order valence-electron chi connectivity index (χ2n) is 6.34. The molecule has 0 fully saturated rings. The van der Waals surface area contributed by atoms with Crippen LogP contribution in [0.5, 0.6) is 0 Å². The summed E-state index contributed by atoms with van der Waals surface area (Å²) in [5, 5.41) is 10.6. The van der Waals surface area contributed by atoms with Crippen LogP contribution in [-0.2, 0) is 9.53 Å². The summed E-state index contributed by atoms with van der Waals surface area (Å²) in [4.78, 5) is 28.5. The van der Waals surface area contributed by atoms with Crippen LogP contribution in [0, 0.1) is 0 Å². The zero-order valence-corrected chi connectivity index (χ0v) is 15.4. The highest BCUT2D eigenvalue weighted by molar-refractivity contribution is 6.06.